The molecule has 0 saturated carbocycles. The Bertz CT molecular complexity index is 841. The van der Waals surface area contributed by atoms with Gasteiger partial charge in [-0.3, -0.25) is 0 Å². The molecule has 0 N–H and O–H groups in total. The normalized spacial score (nSPS) is 15.4. The van der Waals surface area contributed by atoms with Crippen molar-refractivity contribution in [2.24, 2.45) is 5.92 Å². The summed E-state index contributed by atoms with van der Waals surface area (Å²) in [6.07, 6.45) is 1.70. The molecule has 1 fully saturated rings. The fraction of sp³-hybridized carbons (Fsp3) is 0.435. The van der Waals surface area contributed by atoms with Crippen molar-refractivity contribution in [3.8, 4) is 11.1 Å². The van der Waals surface area contributed by atoms with Gasteiger partial charge in [-0.15, -0.1) is 11.8 Å². The van der Waals surface area contributed by atoms with Gasteiger partial charge >= 0.3 is 6.09 Å². The Morgan fingerprint density at radius 3 is 2.34 bits per heavy atom. The van der Waals surface area contributed by atoms with Gasteiger partial charge in [-0.05, 0) is 69.4 Å². The van der Waals surface area contributed by atoms with Crippen molar-refractivity contribution in [2.45, 2.75) is 44.1 Å². The zero-order valence-corrected chi connectivity index (χ0v) is 17.9. The number of halogens is 2. The van der Waals surface area contributed by atoms with Crippen molar-refractivity contribution in [1.29, 1.82) is 0 Å². The molecule has 0 radical (unpaired) electrons. The van der Waals surface area contributed by atoms with Gasteiger partial charge in [-0.25, -0.2) is 13.6 Å². The molecule has 1 heterocycles. The first-order valence-corrected chi connectivity index (χ1v) is 10.9. The highest BCUT2D eigenvalue weighted by atomic mass is 32.2. The van der Waals surface area contributed by atoms with E-state index >= 15 is 0 Å². The first-order chi connectivity index (χ1) is 13.7. The van der Waals surface area contributed by atoms with E-state index in [0.717, 1.165) is 48.2 Å². The van der Waals surface area contributed by atoms with Crippen LogP contribution in [0.2, 0.25) is 0 Å². The quantitative estimate of drug-likeness (QED) is 0.539. The molecule has 0 aliphatic carbocycles. The number of hydrogen-bond acceptors (Lipinski definition) is 3. The summed E-state index contributed by atoms with van der Waals surface area (Å²) in [6, 6.07) is 11.3. The molecule has 0 unspecified atom stereocenters. The summed E-state index contributed by atoms with van der Waals surface area (Å²) in [5, 5.41) is 0. The van der Waals surface area contributed by atoms with E-state index < -0.39 is 17.2 Å². The monoisotopic (exact) mass is 419 g/mol. The van der Waals surface area contributed by atoms with Gasteiger partial charge in [0.25, 0.3) is 0 Å². The highest BCUT2D eigenvalue weighted by Crippen LogP contribution is 2.30. The van der Waals surface area contributed by atoms with Crippen LogP contribution < -0.4 is 0 Å². The van der Waals surface area contributed by atoms with Gasteiger partial charge in [0, 0.05) is 35.4 Å². The van der Waals surface area contributed by atoms with E-state index in [1.165, 1.54) is 12.1 Å². The number of carbonyl (C=O) groups excluding carboxylic acids is 1. The lowest BCUT2D eigenvalue weighted by atomic mass is 9.99. The minimum atomic E-state index is -0.573. The average molecular weight is 420 g/mol. The van der Waals surface area contributed by atoms with E-state index in [0.29, 0.717) is 11.5 Å². The van der Waals surface area contributed by atoms with Gasteiger partial charge in [-0.2, -0.15) is 0 Å². The highest BCUT2D eigenvalue weighted by Gasteiger charge is 2.26. The van der Waals surface area contributed by atoms with Crippen LogP contribution in [0.15, 0.2) is 47.4 Å². The summed E-state index contributed by atoms with van der Waals surface area (Å²) >= 11 is 1.77. The second kappa shape index (κ2) is 9.16. The Morgan fingerprint density at radius 2 is 1.76 bits per heavy atom. The predicted octanol–water partition coefficient (Wildman–Crippen LogP) is 6.37. The summed E-state index contributed by atoms with van der Waals surface area (Å²) in [5.74, 6) is 0.401. The second-order valence-electron chi connectivity index (χ2n) is 8.37. The topological polar surface area (TPSA) is 29.5 Å². The number of hydrogen-bond donors (Lipinski definition) is 0. The number of ether oxygens (including phenoxy) is 1. The molecule has 156 valence electrons. The number of amides is 1. The number of nitrogens with zero attached hydrogens (tertiary/aromatic N) is 1. The third-order valence-corrected chi connectivity index (χ3v) is 6.09. The molecule has 1 saturated heterocycles. The van der Waals surface area contributed by atoms with E-state index in [2.05, 4.69) is 0 Å². The summed E-state index contributed by atoms with van der Waals surface area (Å²) in [7, 11) is 0. The van der Waals surface area contributed by atoms with E-state index in [-0.39, 0.29) is 6.09 Å². The molecule has 1 aliphatic rings. The van der Waals surface area contributed by atoms with Crippen LogP contribution in [-0.2, 0) is 4.74 Å². The lowest BCUT2D eigenvalue weighted by Gasteiger charge is -2.33. The van der Waals surface area contributed by atoms with Crippen LogP contribution in [0.5, 0.6) is 0 Å². The molecule has 1 aliphatic heterocycles. The lowest BCUT2D eigenvalue weighted by Crippen LogP contribution is -2.42. The fourth-order valence-corrected chi connectivity index (χ4v) is 4.37. The smallest absolute Gasteiger partial charge is 0.410 e. The lowest BCUT2D eigenvalue weighted by molar-refractivity contribution is 0.0191. The van der Waals surface area contributed by atoms with Crippen LogP contribution in [0.1, 0.15) is 33.6 Å². The zero-order chi connectivity index (χ0) is 21.0. The van der Waals surface area contributed by atoms with E-state index in [1.807, 2.05) is 45.0 Å². The van der Waals surface area contributed by atoms with Crippen LogP contribution in [0.3, 0.4) is 0 Å². The largest absolute Gasteiger partial charge is 0.444 e. The van der Waals surface area contributed by atoms with E-state index in [1.54, 1.807) is 16.7 Å². The molecule has 3 nitrogen and oxygen atoms in total. The van der Waals surface area contributed by atoms with Gasteiger partial charge < -0.3 is 9.64 Å². The minimum absolute atomic E-state index is 0.229. The molecule has 6 heteroatoms. The Hall–Kier alpha value is -2.08. The molecular weight excluding hydrogens is 392 g/mol. The van der Waals surface area contributed by atoms with Crippen LogP contribution >= 0.6 is 11.8 Å². The molecule has 0 spiro atoms. The average Bonchev–Trinajstić information content (AvgIpc) is 2.66. The molecule has 0 atom stereocenters. The fourth-order valence-electron chi connectivity index (χ4n) is 3.28. The van der Waals surface area contributed by atoms with Crippen molar-refractivity contribution in [1.82, 2.24) is 4.90 Å². The molecule has 0 bridgehead atoms. The summed E-state index contributed by atoms with van der Waals surface area (Å²) in [5.41, 5.74) is 0.669. The summed E-state index contributed by atoms with van der Waals surface area (Å²) in [4.78, 5) is 15.0. The number of benzene rings is 2. The molecule has 2 aromatic carbocycles. The molecule has 1 amide bonds. The Balaban J connectivity index is 1.48. The predicted molar refractivity (Wildman–Crippen MR) is 113 cm³/mol. The van der Waals surface area contributed by atoms with Crippen molar-refractivity contribution in [2.75, 3.05) is 18.8 Å². The molecule has 29 heavy (non-hydrogen) atoms. The van der Waals surface area contributed by atoms with Gasteiger partial charge in [0.05, 0.1) is 0 Å². The summed E-state index contributed by atoms with van der Waals surface area (Å²) in [6.45, 7) is 7.09. The van der Waals surface area contributed by atoms with Crippen LogP contribution in [-0.4, -0.2) is 35.4 Å². The van der Waals surface area contributed by atoms with Gasteiger partial charge in [0.1, 0.15) is 17.2 Å². The molecular formula is C23H27F2NO2S. The van der Waals surface area contributed by atoms with Crippen LogP contribution in [0, 0.1) is 17.6 Å². The van der Waals surface area contributed by atoms with Crippen molar-refractivity contribution < 1.29 is 18.3 Å². The first-order valence-electron chi connectivity index (χ1n) is 9.87. The maximum absolute atomic E-state index is 13.9. The molecule has 2 aromatic rings. The zero-order valence-electron chi connectivity index (χ0n) is 17.1. The number of thioether (sulfide) groups is 1. The standard InChI is InChI=1S/C23H27F2NO2S/c1-23(2,3)28-22(27)26-12-10-16(11-13-26)15-29-19-7-4-17(5-8-19)20-9-6-18(24)14-21(20)25/h4-9,14,16H,10-13,15H2,1-3H3. The van der Waals surface area contributed by atoms with Crippen molar-refractivity contribution in [3.05, 3.63) is 54.1 Å². The highest BCUT2D eigenvalue weighted by molar-refractivity contribution is 7.99. The summed E-state index contributed by atoms with van der Waals surface area (Å²) < 4.78 is 32.4. The van der Waals surface area contributed by atoms with E-state index in [4.69, 9.17) is 4.74 Å². The minimum Gasteiger partial charge on any atom is -0.444 e. The molecule has 3 rings (SSSR count). The maximum Gasteiger partial charge on any atom is 0.410 e. The number of rotatable bonds is 4. The number of likely N-dealkylation sites (tertiary alicyclic amines) is 1. The van der Waals surface area contributed by atoms with Crippen LogP contribution in [0.25, 0.3) is 11.1 Å². The van der Waals surface area contributed by atoms with Gasteiger partial charge in [-0.1, -0.05) is 12.1 Å². The Kier molecular flexibility index (Phi) is 6.83. The van der Waals surface area contributed by atoms with Crippen LogP contribution in [0.4, 0.5) is 13.6 Å². The third-order valence-electron chi connectivity index (χ3n) is 4.85. The number of piperidine rings is 1. The maximum atomic E-state index is 13.9. The first kappa shape index (κ1) is 21.6. The van der Waals surface area contributed by atoms with Crippen molar-refractivity contribution in [3.63, 3.8) is 0 Å². The molecule has 0 aromatic heterocycles. The Morgan fingerprint density at radius 1 is 1.10 bits per heavy atom. The number of carbonyl (C=O) groups is 1. The third kappa shape index (κ3) is 6.20. The van der Waals surface area contributed by atoms with Crippen molar-refractivity contribution >= 4 is 17.9 Å². The van der Waals surface area contributed by atoms with Gasteiger partial charge in [0.15, 0.2) is 0 Å². The SMILES string of the molecule is CC(C)(C)OC(=O)N1CCC(CSc2ccc(-c3ccc(F)cc3F)cc2)CC1. The second-order valence-corrected chi connectivity index (χ2v) is 9.46. The Labute approximate surface area is 175 Å². The van der Waals surface area contributed by atoms with E-state index in [9.17, 15) is 13.6 Å². The van der Waals surface area contributed by atoms with Gasteiger partial charge in [0.2, 0.25) is 0 Å².